The largest absolute Gasteiger partial charge is 0.457 e. The number of nitrogens with zero attached hydrogens (tertiary/aromatic N) is 2. The zero-order chi connectivity index (χ0) is 28.3. The number of allylic oxidation sites excluding steroid dienone is 1. The van der Waals surface area contributed by atoms with Gasteiger partial charge in [-0.1, -0.05) is 54.6 Å². The number of para-hydroxylation sites is 1. The Morgan fingerprint density at radius 2 is 1.71 bits per heavy atom. The van der Waals surface area contributed by atoms with E-state index in [4.69, 9.17) is 4.74 Å². The summed E-state index contributed by atoms with van der Waals surface area (Å²) < 4.78 is 5.93. The first-order valence-electron chi connectivity index (χ1n) is 14.0. The van der Waals surface area contributed by atoms with E-state index in [9.17, 15) is 9.59 Å². The molecule has 0 N–H and O–H groups in total. The Labute approximate surface area is 245 Å². The molecule has 0 saturated carbocycles. The first-order valence-corrected chi connectivity index (χ1v) is 14.8. The highest BCUT2D eigenvalue weighted by molar-refractivity contribution is 7.17. The predicted octanol–water partition coefficient (Wildman–Crippen LogP) is 8.14. The minimum atomic E-state index is -0.0701. The summed E-state index contributed by atoms with van der Waals surface area (Å²) in [6.45, 7) is 6.38. The summed E-state index contributed by atoms with van der Waals surface area (Å²) in [5.74, 6) is 1.63. The van der Waals surface area contributed by atoms with Gasteiger partial charge in [0.2, 0.25) is 0 Å². The van der Waals surface area contributed by atoms with Gasteiger partial charge in [0, 0.05) is 23.0 Å². The molecule has 3 aromatic carbocycles. The van der Waals surface area contributed by atoms with Gasteiger partial charge in [0.15, 0.2) is 0 Å². The molecule has 0 radical (unpaired) electrons. The van der Waals surface area contributed by atoms with Crippen LogP contribution in [0.4, 0.5) is 0 Å². The van der Waals surface area contributed by atoms with Crippen molar-refractivity contribution in [1.29, 1.82) is 0 Å². The Balaban J connectivity index is 1.22. The van der Waals surface area contributed by atoms with Crippen LogP contribution < -0.4 is 4.74 Å². The SMILES string of the molecule is C=CCN(C(=O)c1ccc(-c2ccc(Oc3ccccc3)cc2)s1)[C@@H]1C[C@@H](/C=C/C)N2C(=O)c3ccccc3[C@@H]2C1. The lowest BCUT2D eigenvalue weighted by atomic mass is 9.88. The number of carbonyl (C=O) groups excluding carboxylic acids is 2. The van der Waals surface area contributed by atoms with Crippen molar-refractivity contribution < 1.29 is 14.3 Å². The summed E-state index contributed by atoms with van der Waals surface area (Å²) in [5, 5.41) is 0. The van der Waals surface area contributed by atoms with E-state index in [1.165, 1.54) is 11.3 Å². The fourth-order valence-electron chi connectivity index (χ4n) is 6.03. The van der Waals surface area contributed by atoms with E-state index in [1.54, 1.807) is 6.08 Å². The lowest BCUT2D eigenvalue weighted by molar-refractivity contribution is 0.0350. The predicted molar refractivity (Wildman–Crippen MR) is 164 cm³/mol. The standard InChI is InChI=1S/C35H32N2O3S/c1-3-10-25-22-26(23-31-29-13-8-9-14-30(29)34(38)37(25)31)36(21-4-2)35(39)33-20-19-32(41-33)24-15-17-28(18-16-24)40-27-11-6-5-7-12-27/h3-20,25-26,31H,2,21-23H2,1H3/b10-3+/t25-,26-,31+/m1/s1. The van der Waals surface area contributed by atoms with Gasteiger partial charge in [0.05, 0.1) is 17.0 Å². The molecule has 2 aliphatic heterocycles. The molecule has 4 aromatic rings. The molecule has 2 amide bonds. The Hall–Kier alpha value is -4.42. The van der Waals surface area contributed by atoms with Crippen LogP contribution in [-0.4, -0.2) is 40.2 Å². The number of rotatable bonds is 8. The van der Waals surface area contributed by atoms with Crippen LogP contribution in [-0.2, 0) is 0 Å². The third-order valence-corrected chi connectivity index (χ3v) is 8.99. The molecule has 1 saturated heterocycles. The number of hydrogen-bond donors (Lipinski definition) is 0. The highest BCUT2D eigenvalue weighted by Gasteiger charge is 2.46. The van der Waals surface area contributed by atoms with E-state index in [0.717, 1.165) is 33.1 Å². The summed E-state index contributed by atoms with van der Waals surface area (Å²) in [7, 11) is 0. The first-order chi connectivity index (χ1) is 20.1. The molecule has 0 spiro atoms. The highest BCUT2D eigenvalue weighted by atomic mass is 32.1. The van der Waals surface area contributed by atoms with E-state index in [0.29, 0.717) is 24.3 Å². The quantitative estimate of drug-likeness (QED) is 0.204. The van der Waals surface area contributed by atoms with Gasteiger partial charge >= 0.3 is 0 Å². The summed E-state index contributed by atoms with van der Waals surface area (Å²) in [6, 6.07) is 29.3. The topological polar surface area (TPSA) is 49.9 Å². The van der Waals surface area contributed by atoms with Gasteiger partial charge in [-0.15, -0.1) is 17.9 Å². The van der Waals surface area contributed by atoms with Crippen molar-refractivity contribution >= 4 is 23.2 Å². The van der Waals surface area contributed by atoms with Gasteiger partial charge in [-0.3, -0.25) is 9.59 Å². The average Bonchev–Trinajstić information content (AvgIpc) is 3.61. The second kappa shape index (κ2) is 11.6. The molecular formula is C35H32N2O3S. The second-order valence-corrected chi connectivity index (χ2v) is 11.5. The lowest BCUT2D eigenvalue weighted by Gasteiger charge is -2.44. The van der Waals surface area contributed by atoms with Crippen LogP contribution in [0.15, 0.2) is 116 Å². The van der Waals surface area contributed by atoms with E-state index >= 15 is 0 Å². The van der Waals surface area contributed by atoms with Crippen LogP contribution in [0.2, 0.25) is 0 Å². The molecule has 1 fully saturated rings. The van der Waals surface area contributed by atoms with Crippen molar-refractivity contribution in [3.05, 3.63) is 132 Å². The highest BCUT2D eigenvalue weighted by Crippen LogP contribution is 2.44. The van der Waals surface area contributed by atoms with Gasteiger partial charge in [0.25, 0.3) is 11.8 Å². The van der Waals surface area contributed by atoms with Crippen LogP contribution in [0.5, 0.6) is 11.5 Å². The van der Waals surface area contributed by atoms with Crippen LogP contribution in [0, 0.1) is 0 Å². The van der Waals surface area contributed by atoms with Gasteiger partial charge in [-0.25, -0.2) is 0 Å². The second-order valence-electron chi connectivity index (χ2n) is 10.4. The number of ether oxygens (including phenoxy) is 1. The molecule has 1 aromatic heterocycles. The number of benzene rings is 3. The molecule has 3 atom stereocenters. The first kappa shape index (κ1) is 26.8. The smallest absolute Gasteiger partial charge is 0.264 e. The molecular weight excluding hydrogens is 528 g/mol. The van der Waals surface area contributed by atoms with Crippen LogP contribution in [0.3, 0.4) is 0 Å². The molecule has 2 aliphatic rings. The molecule has 6 rings (SSSR count). The zero-order valence-corrected chi connectivity index (χ0v) is 23.8. The minimum Gasteiger partial charge on any atom is -0.457 e. The molecule has 206 valence electrons. The maximum absolute atomic E-state index is 14.0. The van der Waals surface area contributed by atoms with Crippen molar-refractivity contribution in [3.8, 4) is 21.9 Å². The third-order valence-electron chi connectivity index (χ3n) is 7.86. The fourth-order valence-corrected chi connectivity index (χ4v) is 7.00. The van der Waals surface area contributed by atoms with E-state index in [2.05, 4.69) is 12.7 Å². The molecule has 0 aliphatic carbocycles. The number of thiophene rings is 1. The number of amides is 2. The van der Waals surface area contributed by atoms with Gasteiger partial charge in [-0.05, 0) is 85.5 Å². The summed E-state index contributed by atoms with van der Waals surface area (Å²) in [5.41, 5.74) is 2.87. The summed E-state index contributed by atoms with van der Waals surface area (Å²) in [4.78, 5) is 33.0. The molecule has 6 heteroatoms. The number of fused-ring (bicyclic) bond motifs is 3. The van der Waals surface area contributed by atoms with E-state index in [-0.39, 0.29) is 29.9 Å². The van der Waals surface area contributed by atoms with Crippen LogP contribution in [0.1, 0.15) is 51.4 Å². The summed E-state index contributed by atoms with van der Waals surface area (Å²) >= 11 is 1.50. The van der Waals surface area contributed by atoms with Gasteiger partial charge in [0.1, 0.15) is 11.5 Å². The maximum atomic E-state index is 14.0. The van der Waals surface area contributed by atoms with Crippen molar-refractivity contribution in [2.45, 2.75) is 37.9 Å². The molecule has 5 nitrogen and oxygen atoms in total. The van der Waals surface area contributed by atoms with Crippen LogP contribution in [0.25, 0.3) is 10.4 Å². The average molecular weight is 561 g/mol. The summed E-state index contributed by atoms with van der Waals surface area (Å²) in [6.07, 6.45) is 7.29. The fraction of sp³-hybridized carbons (Fsp3) is 0.200. The maximum Gasteiger partial charge on any atom is 0.264 e. The zero-order valence-electron chi connectivity index (χ0n) is 23.0. The number of carbonyl (C=O) groups is 2. The van der Waals surface area contributed by atoms with Crippen LogP contribution >= 0.6 is 11.3 Å². The van der Waals surface area contributed by atoms with Crippen molar-refractivity contribution in [3.63, 3.8) is 0 Å². The number of piperidine rings is 1. The Bertz CT molecular complexity index is 1590. The monoisotopic (exact) mass is 560 g/mol. The minimum absolute atomic E-state index is 0.000433. The Morgan fingerprint density at radius 3 is 2.46 bits per heavy atom. The van der Waals surface area contributed by atoms with E-state index < -0.39 is 0 Å². The Kier molecular flexibility index (Phi) is 7.57. The Morgan fingerprint density at radius 1 is 0.976 bits per heavy atom. The normalized spacial score (nSPS) is 19.6. The lowest BCUT2D eigenvalue weighted by Crippen LogP contribution is -2.51. The van der Waals surface area contributed by atoms with Gasteiger partial charge < -0.3 is 14.5 Å². The molecule has 3 heterocycles. The number of hydrogen-bond acceptors (Lipinski definition) is 4. The third kappa shape index (κ3) is 5.23. The molecule has 0 unspecified atom stereocenters. The van der Waals surface area contributed by atoms with Gasteiger partial charge in [-0.2, -0.15) is 0 Å². The van der Waals surface area contributed by atoms with Crippen molar-refractivity contribution in [2.75, 3.05) is 6.54 Å². The molecule has 41 heavy (non-hydrogen) atoms. The molecule has 0 bridgehead atoms. The van der Waals surface area contributed by atoms with Crippen molar-refractivity contribution in [1.82, 2.24) is 9.80 Å². The van der Waals surface area contributed by atoms with E-state index in [1.807, 2.05) is 114 Å². The van der Waals surface area contributed by atoms with Crippen molar-refractivity contribution in [2.24, 2.45) is 0 Å².